The molecule has 0 atom stereocenters. The van der Waals surface area contributed by atoms with E-state index in [4.69, 9.17) is 4.74 Å². The van der Waals surface area contributed by atoms with Crippen molar-refractivity contribution in [2.24, 2.45) is 5.92 Å². The Hall–Kier alpha value is -0.380. The van der Waals surface area contributed by atoms with Crippen LogP contribution >= 0.6 is 11.3 Å². The topological polar surface area (TPSA) is 21.3 Å². The largest absolute Gasteiger partial charge is 0.376 e. The van der Waals surface area contributed by atoms with Gasteiger partial charge in [-0.05, 0) is 43.9 Å². The SMILES string of the molecule is CCCNCc1ccc(COCC2CCCCC2)s1. The maximum Gasteiger partial charge on any atom is 0.0809 e. The van der Waals surface area contributed by atoms with Gasteiger partial charge in [0.2, 0.25) is 0 Å². The molecule has 1 N–H and O–H groups in total. The summed E-state index contributed by atoms with van der Waals surface area (Å²) in [5.41, 5.74) is 0. The first kappa shape index (κ1) is 15.0. The van der Waals surface area contributed by atoms with Crippen LogP contribution in [0, 0.1) is 5.92 Å². The quantitative estimate of drug-likeness (QED) is 0.716. The normalized spacial score (nSPS) is 16.9. The molecule has 19 heavy (non-hydrogen) atoms. The van der Waals surface area contributed by atoms with Gasteiger partial charge in [-0.25, -0.2) is 0 Å². The van der Waals surface area contributed by atoms with Crippen LogP contribution in [0.5, 0.6) is 0 Å². The third kappa shape index (κ3) is 5.64. The molecule has 0 spiro atoms. The van der Waals surface area contributed by atoms with Gasteiger partial charge in [-0.1, -0.05) is 26.2 Å². The molecule has 0 aliphatic heterocycles. The third-order valence-corrected chi connectivity index (χ3v) is 4.82. The lowest BCUT2D eigenvalue weighted by atomic mass is 9.90. The van der Waals surface area contributed by atoms with Crippen LogP contribution in [0.4, 0.5) is 0 Å². The maximum atomic E-state index is 5.89. The zero-order valence-electron chi connectivity index (χ0n) is 12.1. The van der Waals surface area contributed by atoms with Gasteiger partial charge in [0.05, 0.1) is 6.61 Å². The summed E-state index contributed by atoms with van der Waals surface area (Å²) in [7, 11) is 0. The molecule has 0 unspecified atom stereocenters. The van der Waals surface area contributed by atoms with Crippen LogP contribution < -0.4 is 5.32 Å². The van der Waals surface area contributed by atoms with Crippen molar-refractivity contribution >= 4 is 11.3 Å². The number of nitrogens with one attached hydrogen (secondary N) is 1. The fraction of sp³-hybridized carbons (Fsp3) is 0.750. The molecule has 0 radical (unpaired) electrons. The lowest BCUT2D eigenvalue weighted by molar-refractivity contribution is 0.0755. The van der Waals surface area contributed by atoms with Gasteiger partial charge < -0.3 is 10.1 Å². The number of thiophene rings is 1. The molecule has 2 rings (SSSR count). The molecule has 1 aromatic rings. The van der Waals surface area contributed by atoms with Crippen molar-refractivity contribution in [3.8, 4) is 0 Å². The fourth-order valence-electron chi connectivity index (χ4n) is 2.66. The second-order valence-electron chi connectivity index (χ2n) is 5.56. The second kappa shape index (κ2) is 8.72. The summed E-state index contributed by atoms with van der Waals surface area (Å²) >= 11 is 1.88. The van der Waals surface area contributed by atoms with Crippen molar-refractivity contribution < 1.29 is 4.74 Å². The molecule has 108 valence electrons. The van der Waals surface area contributed by atoms with Crippen LogP contribution in [0.15, 0.2) is 12.1 Å². The lowest BCUT2D eigenvalue weighted by Crippen LogP contribution is -2.13. The smallest absolute Gasteiger partial charge is 0.0809 e. The molecule has 0 amide bonds. The summed E-state index contributed by atoms with van der Waals surface area (Å²) in [6, 6.07) is 4.45. The molecule has 1 saturated carbocycles. The molecule has 1 heterocycles. The number of hydrogen-bond acceptors (Lipinski definition) is 3. The van der Waals surface area contributed by atoms with Gasteiger partial charge >= 0.3 is 0 Å². The first-order valence-electron chi connectivity index (χ1n) is 7.74. The van der Waals surface area contributed by atoms with Crippen molar-refractivity contribution in [2.75, 3.05) is 13.2 Å². The zero-order valence-corrected chi connectivity index (χ0v) is 12.9. The van der Waals surface area contributed by atoms with E-state index in [1.807, 2.05) is 11.3 Å². The van der Waals surface area contributed by atoms with Crippen molar-refractivity contribution in [1.29, 1.82) is 0 Å². The predicted molar refractivity (Wildman–Crippen MR) is 82.5 cm³/mol. The molecule has 1 aromatic heterocycles. The van der Waals surface area contributed by atoms with E-state index in [1.165, 1.54) is 48.3 Å². The van der Waals surface area contributed by atoms with E-state index in [0.29, 0.717) is 0 Å². The van der Waals surface area contributed by atoms with Crippen molar-refractivity contribution in [3.63, 3.8) is 0 Å². The van der Waals surface area contributed by atoms with E-state index in [1.54, 1.807) is 0 Å². The minimum atomic E-state index is 0.801. The Kier molecular flexibility index (Phi) is 6.90. The molecule has 0 saturated heterocycles. The average molecular weight is 281 g/mol. The Morgan fingerprint density at radius 2 is 2.00 bits per heavy atom. The van der Waals surface area contributed by atoms with E-state index >= 15 is 0 Å². The van der Waals surface area contributed by atoms with Gasteiger partial charge in [-0.2, -0.15) is 0 Å². The number of rotatable bonds is 8. The van der Waals surface area contributed by atoms with Crippen LogP contribution in [0.3, 0.4) is 0 Å². The third-order valence-electron chi connectivity index (χ3n) is 3.77. The Morgan fingerprint density at radius 1 is 1.21 bits per heavy atom. The summed E-state index contributed by atoms with van der Waals surface area (Å²) < 4.78 is 5.89. The van der Waals surface area contributed by atoms with E-state index < -0.39 is 0 Å². The molecule has 0 bridgehead atoms. The highest BCUT2D eigenvalue weighted by molar-refractivity contribution is 7.11. The monoisotopic (exact) mass is 281 g/mol. The summed E-state index contributed by atoms with van der Waals surface area (Å²) in [4.78, 5) is 2.79. The van der Waals surface area contributed by atoms with Gasteiger partial charge in [-0.15, -0.1) is 11.3 Å². The highest BCUT2D eigenvalue weighted by atomic mass is 32.1. The van der Waals surface area contributed by atoms with Gasteiger partial charge in [0, 0.05) is 22.9 Å². The molecule has 1 fully saturated rings. The zero-order chi connectivity index (χ0) is 13.3. The van der Waals surface area contributed by atoms with Crippen molar-refractivity contribution in [3.05, 3.63) is 21.9 Å². The van der Waals surface area contributed by atoms with Crippen molar-refractivity contribution in [2.45, 2.75) is 58.6 Å². The Labute approximate surface area is 121 Å². The molecule has 0 aromatic carbocycles. The van der Waals surface area contributed by atoms with Crippen LogP contribution in [0.2, 0.25) is 0 Å². The first-order valence-corrected chi connectivity index (χ1v) is 8.56. The van der Waals surface area contributed by atoms with Gasteiger partial charge in [0.25, 0.3) is 0 Å². The van der Waals surface area contributed by atoms with E-state index in [9.17, 15) is 0 Å². The molecule has 3 heteroatoms. The van der Waals surface area contributed by atoms with Crippen LogP contribution in [0.25, 0.3) is 0 Å². The Balaban J connectivity index is 1.62. The van der Waals surface area contributed by atoms with E-state index in [0.717, 1.165) is 32.2 Å². The molecule has 1 aliphatic carbocycles. The molecule has 2 nitrogen and oxygen atoms in total. The van der Waals surface area contributed by atoms with Crippen LogP contribution in [-0.2, 0) is 17.9 Å². The van der Waals surface area contributed by atoms with Crippen LogP contribution in [-0.4, -0.2) is 13.2 Å². The Morgan fingerprint density at radius 3 is 2.79 bits per heavy atom. The van der Waals surface area contributed by atoms with Crippen molar-refractivity contribution in [1.82, 2.24) is 5.32 Å². The minimum Gasteiger partial charge on any atom is -0.376 e. The molecular weight excluding hydrogens is 254 g/mol. The lowest BCUT2D eigenvalue weighted by Gasteiger charge is -2.21. The summed E-state index contributed by atoms with van der Waals surface area (Å²) in [5, 5.41) is 3.44. The van der Waals surface area contributed by atoms with E-state index in [2.05, 4.69) is 24.4 Å². The summed E-state index contributed by atoms with van der Waals surface area (Å²) in [6.45, 7) is 6.06. The number of hydrogen-bond donors (Lipinski definition) is 1. The minimum absolute atomic E-state index is 0.801. The predicted octanol–water partition coefficient (Wildman–Crippen LogP) is 4.34. The summed E-state index contributed by atoms with van der Waals surface area (Å²) in [5.74, 6) is 0.819. The van der Waals surface area contributed by atoms with Gasteiger partial charge in [-0.3, -0.25) is 0 Å². The maximum absolute atomic E-state index is 5.89. The highest BCUT2D eigenvalue weighted by Gasteiger charge is 2.13. The molecular formula is C16H27NOS. The standard InChI is InChI=1S/C16H27NOS/c1-2-10-17-11-15-8-9-16(19-15)13-18-12-14-6-4-3-5-7-14/h8-9,14,17H,2-7,10-13H2,1H3. The fourth-order valence-corrected chi connectivity index (χ4v) is 3.59. The van der Waals surface area contributed by atoms with Gasteiger partial charge in [0.1, 0.15) is 0 Å². The highest BCUT2D eigenvalue weighted by Crippen LogP contribution is 2.24. The molecule has 1 aliphatic rings. The second-order valence-corrected chi connectivity index (χ2v) is 6.82. The average Bonchev–Trinajstić information content (AvgIpc) is 2.88. The number of ether oxygens (including phenoxy) is 1. The van der Waals surface area contributed by atoms with E-state index in [-0.39, 0.29) is 0 Å². The Bertz CT molecular complexity index is 344. The van der Waals surface area contributed by atoms with Crippen LogP contribution in [0.1, 0.15) is 55.2 Å². The van der Waals surface area contributed by atoms with Gasteiger partial charge in [0.15, 0.2) is 0 Å². The first-order chi connectivity index (χ1) is 9.38. The summed E-state index contributed by atoms with van der Waals surface area (Å²) in [6.07, 6.45) is 8.17.